The number of hydrogen-bond acceptors (Lipinski definition) is 2. The lowest BCUT2D eigenvalue weighted by Gasteiger charge is -2.07. The number of hydrogen-bond donors (Lipinski definition) is 1. The first-order valence-corrected chi connectivity index (χ1v) is 6.84. The van der Waals surface area contributed by atoms with Crippen molar-refractivity contribution in [2.45, 2.75) is 40.2 Å². The molecule has 0 spiro atoms. The third-order valence-corrected chi connectivity index (χ3v) is 3.66. The molecule has 2 aromatic rings. The first-order valence-electron chi connectivity index (χ1n) is 6.84. The van der Waals surface area contributed by atoms with Crippen LogP contribution < -0.4 is 0 Å². The second-order valence-corrected chi connectivity index (χ2v) is 5.06. The highest BCUT2D eigenvalue weighted by Crippen LogP contribution is 2.28. The number of benzene rings is 1. The second kappa shape index (κ2) is 5.49. The smallest absolute Gasteiger partial charge is 0.335 e. The molecule has 2 rings (SSSR count). The Morgan fingerprint density at radius 3 is 2.55 bits per heavy atom. The summed E-state index contributed by atoms with van der Waals surface area (Å²) >= 11 is 0. The monoisotopic (exact) mass is 273 g/mol. The van der Waals surface area contributed by atoms with Crippen molar-refractivity contribution < 1.29 is 14.7 Å². The number of fused-ring (bicyclic) bond motifs is 1. The molecular weight excluding hydrogens is 254 g/mol. The molecule has 0 aliphatic rings. The molecule has 0 saturated carbocycles. The lowest BCUT2D eigenvalue weighted by atomic mass is 10.1. The summed E-state index contributed by atoms with van der Waals surface area (Å²) in [5.41, 5.74) is 2.71. The van der Waals surface area contributed by atoms with E-state index in [4.69, 9.17) is 5.11 Å². The Morgan fingerprint density at radius 2 is 2.00 bits per heavy atom. The van der Waals surface area contributed by atoms with Crippen LogP contribution in [0.5, 0.6) is 0 Å². The number of ketones is 1. The number of carboxylic acid groups (broad SMARTS) is 1. The van der Waals surface area contributed by atoms with Crippen molar-refractivity contribution >= 4 is 22.7 Å². The van der Waals surface area contributed by atoms with Crippen LogP contribution in [-0.4, -0.2) is 21.4 Å². The highest BCUT2D eigenvalue weighted by Gasteiger charge is 2.18. The summed E-state index contributed by atoms with van der Waals surface area (Å²) in [4.78, 5) is 23.0. The van der Waals surface area contributed by atoms with Gasteiger partial charge in [-0.25, -0.2) is 4.79 Å². The number of Topliss-reactive ketones (excluding diaryl/α,β-unsaturated/α-hetero) is 1. The summed E-state index contributed by atoms with van der Waals surface area (Å²) in [5.74, 6) is -0.995. The number of rotatable bonds is 5. The van der Waals surface area contributed by atoms with Crippen molar-refractivity contribution in [1.82, 2.24) is 4.57 Å². The van der Waals surface area contributed by atoms with E-state index >= 15 is 0 Å². The zero-order chi connectivity index (χ0) is 14.9. The molecule has 4 heteroatoms. The number of aromatic nitrogens is 1. The number of carboxylic acids is 1. The van der Waals surface area contributed by atoms with Crippen LogP contribution in [-0.2, 0) is 6.54 Å². The van der Waals surface area contributed by atoms with Crippen LogP contribution >= 0.6 is 0 Å². The van der Waals surface area contributed by atoms with E-state index in [1.807, 2.05) is 6.92 Å². The minimum atomic E-state index is -0.972. The van der Waals surface area contributed by atoms with Crippen LogP contribution in [0.4, 0.5) is 0 Å². The maximum Gasteiger partial charge on any atom is 0.335 e. The van der Waals surface area contributed by atoms with Crippen molar-refractivity contribution in [2.24, 2.45) is 0 Å². The van der Waals surface area contributed by atoms with Crippen molar-refractivity contribution in [3.05, 3.63) is 35.0 Å². The van der Waals surface area contributed by atoms with E-state index in [9.17, 15) is 9.59 Å². The van der Waals surface area contributed by atoms with Crippen LogP contribution in [0, 0.1) is 6.92 Å². The number of aromatic carboxylic acids is 1. The summed E-state index contributed by atoms with van der Waals surface area (Å²) < 4.78 is 2.11. The van der Waals surface area contributed by atoms with E-state index in [2.05, 4.69) is 11.5 Å². The van der Waals surface area contributed by atoms with Gasteiger partial charge in [0.25, 0.3) is 0 Å². The van der Waals surface area contributed by atoms with Crippen molar-refractivity contribution in [1.29, 1.82) is 0 Å². The molecule has 0 aliphatic carbocycles. The second-order valence-electron chi connectivity index (χ2n) is 5.06. The fraction of sp³-hybridized carbons (Fsp3) is 0.375. The quantitative estimate of drug-likeness (QED) is 0.846. The fourth-order valence-electron chi connectivity index (χ4n) is 2.66. The van der Waals surface area contributed by atoms with Crippen LogP contribution in [0.3, 0.4) is 0 Å². The topological polar surface area (TPSA) is 59.3 Å². The summed E-state index contributed by atoms with van der Waals surface area (Å²) in [7, 11) is 0. The van der Waals surface area contributed by atoms with Crippen molar-refractivity contribution in [3.63, 3.8) is 0 Å². The summed E-state index contributed by atoms with van der Waals surface area (Å²) in [5, 5.41) is 9.84. The van der Waals surface area contributed by atoms with Gasteiger partial charge in [-0.05, 0) is 38.5 Å². The van der Waals surface area contributed by atoms with Gasteiger partial charge in [-0.1, -0.05) is 13.3 Å². The number of carbonyl (C=O) groups excluding carboxylic acids is 1. The van der Waals surface area contributed by atoms with E-state index in [0.717, 1.165) is 36.0 Å². The summed E-state index contributed by atoms with van der Waals surface area (Å²) in [6.07, 6.45) is 2.10. The minimum Gasteiger partial charge on any atom is -0.478 e. The molecule has 0 radical (unpaired) electrons. The van der Waals surface area contributed by atoms with E-state index < -0.39 is 5.97 Å². The lowest BCUT2D eigenvalue weighted by Crippen LogP contribution is -2.02. The molecule has 0 bridgehead atoms. The molecule has 1 N–H and O–H groups in total. The lowest BCUT2D eigenvalue weighted by molar-refractivity contribution is 0.0696. The number of unbranched alkanes of at least 4 members (excludes halogenated alkanes) is 1. The van der Waals surface area contributed by atoms with Crippen LogP contribution in [0.1, 0.15) is 53.1 Å². The van der Waals surface area contributed by atoms with E-state index in [1.165, 1.54) is 6.92 Å². The molecule has 1 aromatic heterocycles. The highest BCUT2D eigenvalue weighted by molar-refractivity contribution is 6.09. The molecule has 0 aliphatic heterocycles. The third kappa shape index (κ3) is 2.33. The Kier molecular flexibility index (Phi) is 3.93. The molecule has 1 heterocycles. The first kappa shape index (κ1) is 14.3. The number of nitrogens with zero attached hydrogens (tertiary/aromatic N) is 1. The van der Waals surface area contributed by atoms with Gasteiger partial charge in [0.15, 0.2) is 5.78 Å². The average Bonchev–Trinajstić information content (AvgIpc) is 2.67. The molecule has 106 valence electrons. The average molecular weight is 273 g/mol. The van der Waals surface area contributed by atoms with Crippen LogP contribution in [0.25, 0.3) is 10.9 Å². The summed E-state index contributed by atoms with van der Waals surface area (Å²) in [6.45, 7) is 6.42. The Labute approximate surface area is 118 Å². The van der Waals surface area contributed by atoms with E-state index in [-0.39, 0.29) is 11.3 Å². The van der Waals surface area contributed by atoms with E-state index in [0.29, 0.717) is 5.56 Å². The highest BCUT2D eigenvalue weighted by atomic mass is 16.4. The van der Waals surface area contributed by atoms with Gasteiger partial charge in [-0.3, -0.25) is 4.79 Å². The Hall–Kier alpha value is -2.10. The largest absolute Gasteiger partial charge is 0.478 e. The van der Waals surface area contributed by atoms with Gasteiger partial charge in [0, 0.05) is 28.7 Å². The number of aryl methyl sites for hydroxylation is 1. The molecule has 4 nitrogen and oxygen atoms in total. The normalized spacial score (nSPS) is 10.9. The molecule has 0 atom stereocenters. The molecule has 20 heavy (non-hydrogen) atoms. The van der Waals surface area contributed by atoms with Gasteiger partial charge < -0.3 is 9.67 Å². The third-order valence-electron chi connectivity index (χ3n) is 3.66. The zero-order valence-electron chi connectivity index (χ0n) is 12.1. The van der Waals surface area contributed by atoms with Crippen molar-refractivity contribution in [2.75, 3.05) is 0 Å². The molecule has 1 aromatic carbocycles. The van der Waals surface area contributed by atoms with Crippen LogP contribution in [0.2, 0.25) is 0 Å². The minimum absolute atomic E-state index is 0.0229. The standard InChI is InChI=1S/C16H19NO3/c1-4-5-8-17-10(2)15(11(3)18)13-9-12(16(19)20)6-7-14(13)17/h6-7,9H,4-5,8H2,1-3H3,(H,19,20). The van der Waals surface area contributed by atoms with Gasteiger partial charge in [-0.2, -0.15) is 0 Å². The van der Waals surface area contributed by atoms with Crippen molar-refractivity contribution in [3.8, 4) is 0 Å². The van der Waals surface area contributed by atoms with Gasteiger partial charge in [0.2, 0.25) is 0 Å². The SMILES string of the molecule is CCCCn1c(C)c(C(C)=O)c2cc(C(=O)O)ccc21. The zero-order valence-corrected chi connectivity index (χ0v) is 12.1. The van der Waals surface area contributed by atoms with Gasteiger partial charge >= 0.3 is 5.97 Å². The predicted molar refractivity (Wildman–Crippen MR) is 78.5 cm³/mol. The van der Waals surface area contributed by atoms with E-state index in [1.54, 1.807) is 18.2 Å². The Balaban J connectivity index is 2.72. The van der Waals surface area contributed by atoms with Crippen LogP contribution in [0.15, 0.2) is 18.2 Å². The fourth-order valence-corrected chi connectivity index (χ4v) is 2.66. The molecule has 0 amide bonds. The van der Waals surface area contributed by atoms with Gasteiger partial charge in [-0.15, -0.1) is 0 Å². The number of carbonyl (C=O) groups is 2. The Bertz CT molecular complexity index is 683. The summed E-state index contributed by atoms with van der Waals surface area (Å²) in [6, 6.07) is 4.99. The maximum absolute atomic E-state index is 11.9. The first-order chi connectivity index (χ1) is 9.47. The predicted octanol–water partition coefficient (Wildman–Crippen LogP) is 3.65. The Morgan fingerprint density at radius 1 is 1.30 bits per heavy atom. The maximum atomic E-state index is 11.9. The molecule has 0 saturated heterocycles. The van der Waals surface area contributed by atoms with Gasteiger partial charge in [0.1, 0.15) is 0 Å². The van der Waals surface area contributed by atoms with Gasteiger partial charge in [0.05, 0.1) is 5.56 Å². The molecule has 0 unspecified atom stereocenters. The molecule has 0 fully saturated rings. The molecular formula is C16H19NO3.